The Labute approximate surface area is 119 Å². The van der Waals surface area contributed by atoms with Crippen LogP contribution in [0.5, 0.6) is 5.75 Å². The maximum Gasteiger partial charge on any atom is 0.266 e. The van der Waals surface area contributed by atoms with E-state index in [1.165, 1.54) is 24.4 Å². The molecule has 7 heteroatoms. The van der Waals surface area contributed by atoms with Gasteiger partial charge in [0.05, 0.1) is 0 Å². The van der Waals surface area contributed by atoms with Crippen molar-refractivity contribution in [3.8, 4) is 5.75 Å². The fraction of sp³-hybridized carbons (Fsp3) is 0.0833. The average molecular weight is 343 g/mol. The molecule has 1 aromatic carbocycles. The van der Waals surface area contributed by atoms with Crippen LogP contribution < -0.4 is 4.72 Å². The molecule has 0 aliphatic rings. The number of aromatic hydroxyl groups is 1. The fourth-order valence-electron chi connectivity index (χ4n) is 1.47. The van der Waals surface area contributed by atoms with Crippen molar-refractivity contribution in [3.05, 3.63) is 46.6 Å². The molecule has 0 saturated heterocycles. The number of halogens is 1. The molecule has 0 atom stereocenters. The van der Waals surface area contributed by atoms with Gasteiger partial charge >= 0.3 is 0 Å². The lowest BCUT2D eigenvalue weighted by molar-refractivity contribution is 0.459. The van der Waals surface area contributed by atoms with Crippen molar-refractivity contribution in [2.45, 2.75) is 11.8 Å². The molecule has 2 N–H and O–H groups in total. The molecule has 100 valence electrons. The van der Waals surface area contributed by atoms with Crippen LogP contribution in [0.25, 0.3) is 0 Å². The van der Waals surface area contributed by atoms with Crippen molar-refractivity contribution in [1.29, 1.82) is 0 Å². The summed E-state index contributed by atoms with van der Waals surface area (Å²) in [5, 5.41) is 9.58. The van der Waals surface area contributed by atoms with E-state index in [4.69, 9.17) is 0 Å². The number of pyridine rings is 1. The lowest BCUT2D eigenvalue weighted by Gasteiger charge is -2.09. The van der Waals surface area contributed by atoms with E-state index in [-0.39, 0.29) is 16.5 Å². The highest BCUT2D eigenvalue weighted by Gasteiger charge is 2.18. The van der Waals surface area contributed by atoms with Crippen molar-refractivity contribution in [3.63, 3.8) is 0 Å². The van der Waals surface area contributed by atoms with Crippen LogP contribution in [0.3, 0.4) is 0 Å². The molecule has 2 aromatic rings. The van der Waals surface area contributed by atoms with Crippen molar-refractivity contribution in [2.24, 2.45) is 0 Å². The second-order valence-electron chi connectivity index (χ2n) is 3.89. The number of phenols is 1. The van der Waals surface area contributed by atoms with Gasteiger partial charge in [-0.3, -0.25) is 4.72 Å². The number of rotatable bonds is 3. The minimum Gasteiger partial charge on any atom is -0.507 e. The second kappa shape index (κ2) is 5.18. The molecule has 1 aromatic heterocycles. The smallest absolute Gasteiger partial charge is 0.266 e. The summed E-state index contributed by atoms with van der Waals surface area (Å²) in [4.78, 5) is 3.78. The van der Waals surface area contributed by atoms with E-state index in [0.717, 1.165) is 10.0 Å². The number of hydrogen-bond donors (Lipinski definition) is 2. The number of anilines is 1. The SMILES string of the molecule is Cc1cc(NS(=O)(=O)c2ccccc2O)ncc1Br. The first kappa shape index (κ1) is 13.8. The van der Waals surface area contributed by atoms with E-state index >= 15 is 0 Å². The zero-order chi connectivity index (χ0) is 14.0. The maximum atomic E-state index is 12.1. The third-order valence-electron chi connectivity index (χ3n) is 2.44. The number of sulfonamides is 1. The second-order valence-corrected chi connectivity index (χ2v) is 6.40. The summed E-state index contributed by atoms with van der Waals surface area (Å²) in [6.45, 7) is 1.82. The largest absolute Gasteiger partial charge is 0.507 e. The fourth-order valence-corrected chi connectivity index (χ4v) is 2.79. The molecule has 0 aliphatic carbocycles. The first-order valence-electron chi connectivity index (χ1n) is 5.33. The van der Waals surface area contributed by atoms with E-state index in [0.29, 0.717) is 0 Å². The minimum absolute atomic E-state index is 0.183. The quantitative estimate of drug-likeness (QED) is 0.898. The van der Waals surface area contributed by atoms with Crippen molar-refractivity contribution in [1.82, 2.24) is 4.98 Å². The highest BCUT2D eigenvalue weighted by atomic mass is 79.9. The van der Waals surface area contributed by atoms with Gasteiger partial charge in [-0.05, 0) is 46.6 Å². The van der Waals surface area contributed by atoms with Crippen molar-refractivity contribution in [2.75, 3.05) is 4.72 Å². The lowest BCUT2D eigenvalue weighted by Crippen LogP contribution is -2.14. The zero-order valence-corrected chi connectivity index (χ0v) is 12.4. The number of phenolic OH excluding ortho intramolecular Hbond substituents is 1. The minimum atomic E-state index is -3.85. The van der Waals surface area contributed by atoms with Crippen LogP contribution >= 0.6 is 15.9 Å². The van der Waals surface area contributed by atoms with E-state index < -0.39 is 10.0 Å². The Balaban J connectivity index is 2.37. The summed E-state index contributed by atoms with van der Waals surface area (Å²) >= 11 is 3.29. The van der Waals surface area contributed by atoms with Gasteiger partial charge in [-0.1, -0.05) is 12.1 Å². The summed E-state index contributed by atoms with van der Waals surface area (Å²) in [6, 6.07) is 7.32. The molecule has 0 bridgehead atoms. The molecule has 1 heterocycles. The number of aryl methyl sites for hydroxylation is 1. The lowest BCUT2D eigenvalue weighted by atomic mass is 10.3. The van der Waals surface area contributed by atoms with Gasteiger partial charge in [-0.25, -0.2) is 13.4 Å². The van der Waals surface area contributed by atoms with E-state index in [1.807, 2.05) is 6.92 Å². The molecule has 0 fully saturated rings. The average Bonchev–Trinajstić information content (AvgIpc) is 2.34. The Morgan fingerprint density at radius 3 is 2.63 bits per heavy atom. The molecule has 5 nitrogen and oxygen atoms in total. The molecule has 0 radical (unpaired) electrons. The van der Waals surface area contributed by atoms with E-state index in [2.05, 4.69) is 25.6 Å². The van der Waals surface area contributed by atoms with E-state index in [9.17, 15) is 13.5 Å². The summed E-state index contributed by atoms with van der Waals surface area (Å²) in [5.41, 5.74) is 0.852. The highest BCUT2D eigenvalue weighted by molar-refractivity contribution is 9.10. The van der Waals surface area contributed by atoms with Crippen LogP contribution in [0.2, 0.25) is 0 Å². The Morgan fingerprint density at radius 2 is 2.00 bits per heavy atom. The molecular weight excluding hydrogens is 332 g/mol. The normalized spacial score (nSPS) is 11.3. The zero-order valence-electron chi connectivity index (χ0n) is 9.96. The van der Waals surface area contributed by atoms with Gasteiger partial charge in [-0.2, -0.15) is 0 Å². The number of nitrogens with zero attached hydrogens (tertiary/aromatic N) is 1. The van der Waals surface area contributed by atoms with Crippen LogP contribution in [0.1, 0.15) is 5.56 Å². The molecule has 0 unspecified atom stereocenters. The predicted octanol–water partition coefficient (Wildman–Crippen LogP) is 2.66. The van der Waals surface area contributed by atoms with Gasteiger partial charge in [0.2, 0.25) is 0 Å². The molecule has 0 saturated carbocycles. The highest BCUT2D eigenvalue weighted by Crippen LogP contribution is 2.24. The number of hydrogen-bond acceptors (Lipinski definition) is 4. The topological polar surface area (TPSA) is 79.3 Å². The molecular formula is C12H11BrN2O3S. The van der Waals surface area contributed by atoms with Crippen LogP contribution in [0.15, 0.2) is 45.9 Å². The molecule has 0 amide bonds. The maximum absolute atomic E-state index is 12.1. The summed E-state index contributed by atoms with van der Waals surface area (Å²) in [6.07, 6.45) is 1.51. The monoisotopic (exact) mass is 342 g/mol. The van der Waals surface area contributed by atoms with Gasteiger partial charge < -0.3 is 5.11 Å². The third kappa shape index (κ3) is 3.05. The van der Waals surface area contributed by atoms with Gasteiger partial charge in [0.15, 0.2) is 0 Å². The van der Waals surface area contributed by atoms with Crippen LogP contribution in [0, 0.1) is 6.92 Å². The Hall–Kier alpha value is -1.60. The predicted molar refractivity (Wildman–Crippen MR) is 75.6 cm³/mol. The van der Waals surface area contributed by atoms with Crippen LogP contribution in [-0.4, -0.2) is 18.5 Å². The molecule has 19 heavy (non-hydrogen) atoms. The number of nitrogens with one attached hydrogen (secondary N) is 1. The molecule has 0 aliphatic heterocycles. The van der Waals surface area contributed by atoms with Crippen LogP contribution in [-0.2, 0) is 10.0 Å². The number of aromatic nitrogens is 1. The standard InChI is InChI=1S/C12H11BrN2O3S/c1-8-6-12(14-7-9(8)13)15-19(17,18)11-5-3-2-4-10(11)16/h2-7,16H,1H3,(H,14,15). The Kier molecular flexibility index (Phi) is 3.77. The Morgan fingerprint density at radius 1 is 1.32 bits per heavy atom. The van der Waals surface area contributed by atoms with Gasteiger partial charge in [0, 0.05) is 10.7 Å². The van der Waals surface area contributed by atoms with Crippen molar-refractivity contribution < 1.29 is 13.5 Å². The summed E-state index contributed by atoms with van der Waals surface area (Å²) in [7, 11) is -3.85. The molecule has 2 rings (SSSR count). The first-order valence-corrected chi connectivity index (χ1v) is 7.61. The third-order valence-corrected chi connectivity index (χ3v) is 4.67. The summed E-state index contributed by atoms with van der Waals surface area (Å²) in [5.74, 6) is -0.104. The summed E-state index contributed by atoms with van der Waals surface area (Å²) < 4.78 is 27.3. The number of benzene rings is 1. The first-order chi connectivity index (χ1) is 8.90. The Bertz CT molecular complexity index is 717. The van der Waals surface area contributed by atoms with Gasteiger partial charge in [0.1, 0.15) is 16.5 Å². The van der Waals surface area contributed by atoms with Crippen molar-refractivity contribution >= 4 is 31.8 Å². The molecule has 0 spiro atoms. The van der Waals surface area contributed by atoms with Gasteiger partial charge in [-0.15, -0.1) is 0 Å². The van der Waals surface area contributed by atoms with Gasteiger partial charge in [0.25, 0.3) is 10.0 Å². The van der Waals surface area contributed by atoms with E-state index in [1.54, 1.807) is 12.1 Å². The van der Waals surface area contributed by atoms with Crippen LogP contribution in [0.4, 0.5) is 5.82 Å². The number of para-hydroxylation sites is 1.